The van der Waals surface area contributed by atoms with Gasteiger partial charge in [0.25, 0.3) is 0 Å². The van der Waals surface area contributed by atoms with E-state index < -0.39 is 0 Å². The van der Waals surface area contributed by atoms with Gasteiger partial charge in [-0.15, -0.1) is 0 Å². The van der Waals surface area contributed by atoms with E-state index in [-0.39, 0.29) is 23.8 Å². The van der Waals surface area contributed by atoms with E-state index in [1.54, 1.807) is 0 Å². The molecule has 2 saturated carbocycles. The van der Waals surface area contributed by atoms with Crippen LogP contribution in [-0.2, 0) is 4.79 Å². The number of nitrogens with one attached hydrogen (secondary N) is 1. The van der Waals surface area contributed by atoms with Crippen molar-refractivity contribution < 1.29 is 9.90 Å². The lowest BCUT2D eigenvalue weighted by atomic mass is 9.67. The first-order valence-electron chi connectivity index (χ1n) is 8.90. The summed E-state index contributed by atoms with van der Waals surface area (Å²) in [5.41, 5.74) is 0.0838. The second-order valence-electron chi connectivity index (χ2n) is 8.02. The lowest BCUT2D eigenvalue weighted by molar-refractivity contribution is -0.127. The van der Waals surface area contributed by atoms with Crippen molar-refractivity contribution in [3.63, 3.8) is 0 Å². The molecule has 0 spiro atoms. The number of hydrogen-bond acceptors (Lipinski definition) is 2. The van der Waals surface area contributed by atoms with Crippen LogP contribution in [0.4, 0.5) is 0 Å². The average Bonchev–Trinajstić information content (AvgIpc) is 2.50. The van der Waals surface area contributed by atoms with Crippen LogP contribution in [0, 0.1) is 23.2 Å². The van der Waals surface area contributed by atoms with Crippen LogP contribution in [0.2, 0.25) is 0 Å². The van der Waals surface area contributed by atoms with Crippen molar-refractivity contribution in [3.8, 4) is 0 Å². The van der Waals surface area contributed by atoms with E-state index >= 15 is 0 Å². The summed E-state index contributed by atoms with van der Waals surface area (Å²) >= 11 is 0. The molecule has 2 N–H and O–H groups in total. The summed E-state index contributed by atoms with van der Waals surface area (Å²) in [5.74, 6) is 2.24. The molecule has 0 aliphatic heterocycles. The van der Waals surface area contributed by atoms with Crippen molar-refractivity contribution >= 4 is 5.91 Å². The predicted octanol–water partition coefficient (Wildman–Crippen LogP) is 3.51. The topological polar surface area (TPSA) is 49.3 Å². The van der Waals surface area contributed by atoms with Crippen LogP contribution in [0.3, 0.4) is 0 Å². The molecule has 0 bridgehead atoms. The first kappa shape index (κ1) is 16.8. The Morgan fingerprint density at radius 2 is 1.86 bits per heavy atom. The Morgan fingerprint density at radius 1 is 1.14 bits per heavy atom. The first-order chi connectivity index (χ1) is 10.0. The zero-order valence-corrected chi connectivity index (χ0v) is 13.9. The highest BCUT2D eigenvalue weighted by Gasteiger charge is 2.35. The molecule has 0 saturated heterocycles. The molecule has 0 aromatic rings. The summed E-state index contributed by atoms with van der Waals surface area (Å²) in [6.07, 6.45) is 10.7. The lowest BCUT2D eigenvalue weighted by Gasteiger charge is -2.39. The fourth-order valence-corrected chi connectivity index (χ4v) is 4.23. The van der Waals surface area contributed by atoms with E-state index in [4.69, 9.17) is 5.11 Å². The SMILES string of the molecule is CC(C)(CCCO)CNC(=O)C1CCC2CCCCC2C1. The summed E-state index contributed by atoms with van der Waals surface area (Å²) in [5, 5.41) is 12.1. The molecule has 21 heavy (non-hydrogen) atoms. The van der Waals surface area contributed by atoms with E-state index in [9.17, 15) is 4.79 Å². The Bertz CT molecular complexity index is 340. The van der Waals surface area contributed by atoms with Crippen LogP contribution >= 0.6 is 0 Å². The van der Waals surface area contributed by atoms with Gasteiger partial charge in [0, 0.05) is 19.1 Å². The van der Waals surface area contributed by atoms with E-state index in [2.05, 4.69) is 19.2 Å². The molecular formula is C18H33NO2. The number of carbonyl (C=O) groups is 1. The number of aliphatic hydroxyl groups is 1. The van der Waals surface area contributed by atoms with Crippen LogP contribution < -0.4 is 5.32 Å². The van der Waals surface area contributed by atoms with Gasteiger partial charge < -0.3 is 10.4 Å². The molecule has 2 aliphatic rings. The number of rotatable bonds is 6. The molecule has 2 aliphatic carbocycles. The van der Waals surface area contributed by atoms with Gasteiger partial charge in [0.1, 0.15) is 0 Å². The van der Waals surface area contributed by atoms with Crippen LogP contribution in [-0.4, -0.2) is 24.2 Å². The lowest BCUT2D eigenvalue weighted by Crippen LogP contribution is -2.41. The van der Waals surface area contributed by atoms with Crippen molar-refractivity contribution in [2.45, 2.75) is 71.6 Å². The third-order valence-corrected chi connectivity index (χ3v) is 5.66. The summed E-state index contributed by atoms with van der Waals surface area (Å²) < 4.78 is 0. The van der Waals surface area contributed by atoms with E-state index in [1.807, 2.05) is 0 Å². The fourth-order valence-electron chi connectivity index (χ4n) is 4.23. The molecule has 3 nitrogen and oxygen atoms in total. The maximum absolute atomic E-state index is 12.4. The number of hydrogen-bond donors (Lipinski definition) is 2. The smallest absolute Gasteiger partial charge is 0.223 e. The minimum absolute atomic E-state index is 0.0838. The molecule has 3 heteroatoms. The Hall–Kier alpha value is -0.570. The zero-order valence-electron chi connectivity index (χ0n) is 13.9. The van der Waals surface area contributed by atoms with Crippen LogP contribution in [0.1, 0.15) is 71.6 Å². The molecule has 0 radical (unpaired) electrons. The number of fused-ring (bicyclic) bond motifs is 1. The van der Waals surface area contributed by atoms with Gasteiger partial charge in [-0.25, -0.2) is 0 Å². The first-order valence-corrected chi connectivity index (χ1v) is 8.90. The normalized spacial score (nSPS) is 29.8. The molecule has 3 atom stereocenters. The van der Waals surface area contributed by atoms with Crippen LogP contribution in [0.5, 0.6) is 0 Å². The average molecular weight is 295 g/mol. The molecule has 0 heterocycles. The monoisotopic (exact) mass is 295 g/mol. The van der Waals surface area contributed by atoms with Crippen LogP contribution in [0.15, 0.2) is 0 Å². The molecular weight excluding hydrogens is 262 g/mol. The molecule has 0 aromatic heterocycles. The minimum Gasteiger partial charge on any atom is -0.396 e. The largest absolute Gasteiger partial charge is 0.396 e. The maximum Gasteiger partial charge on any atom is 0.223 e. The Kier molecular flexibility index (Phi) is 6.09. The highest BCUT2D eigenvalue weighted by Crippen LogP contribution is 2.42. The van der Waals surface area contributed by atoms with E-state index in [1.165, 1.54) is 32.1 Å². The third-order valence-electron chi connectivity index (χ3n) is 5.66. The third kappa shape index (κ3) is 4.98. The molecule has 3 unspecified atom stereocenters. The molecule has 2 fully saturated rings. The summed E-state index contributed by atoms with van der Waals surface area (Å²) in [7, 11) is 0. The molecule has 0 aromatic carbocycles. The van der Waals surface area contributed by atoms with Crippen molar-refractivity contribution in [2.24, 2.45) is 23.2 Å². The Labute approximate surface area is 129 Å². The van der Waals surface area contributed by atoms with E-state index in [0.717, 1.165) is 44.1 Å². The van der Waals surface area contributed by atoms with Gasteiger partial charge in [0.15, 0.2) is 0 Å². The maximum atomic E-state index is 12.4. The van der Waals surface area contributed by atoms with Gasteiger partial charge in [-0.3, -0.25) is 4.79 Å². The van der Waals surface area contributed by atoms with Gasteiger partial charge in [0.2, 0.25) is 5.91 Å². The quantitative estimate of drug-likeness (QED) is 0.788. The molecule has 122 valence electrons. The number of aliphatic hydroxyl groups excluding tert-OH is 1. The van der Waals surface area contributed by atoms with Crippen molar-refractivity contribution in [1.82, 2.24) is 5.32 Å². The van der Waals surface area contributed by atoms with Crippen molar-refractivity contribution in [3.05, 3.63) is 0 Å². The standard InChI is InChI=1S/C18H33NO2/c1-18(2,10-5-11-20)13-19-17(21)16-9-8-14-6-3-4-7-15(14)12-16/h14-16,20H,3-13H2,1-2H3,(H,19,21). The highest BCUT2D eigenvalue weighted by atomic mass is 16.2. The minimum atomic E-state index is 0.0838. The number of amides is 1. The van der Waals surface area contributed by atoms with Crippen LogP contribution in [0.25, 0.3) is 0 Å². The van der Waals surface area contributed by atoms with Crippen molar-refractivity contribution in [2.75, 3.05) is 13.2 Å². The summed E-state index contributed by atoms with van der Waals surface area (Å²) in [6.45, 7) is 5.31. The second-order valence-corrected chi connectivity index (χ2v) is 8.02. The number of carbonyl (C=O) groups excluding carboxylic acids is 1. The summed E-state index contributed by atoms with van der Waals surface area (Å²) in [6, 6.07) is 0. The van der Waals surface area contributed by atoms with Crippen molar-refractivity contribution in [1.29, 1.82) is 0 Å². The highest BCUT2D eigenvalue weighted by molar-refractivity contribution is 5.78. The predicted molar refractivity (Wildman–Crippen MR) is 85.9 cm³/mol. The van der Waals surface area contributed by atoms with Gasteiger partial charge >= 0.3 is 0 Å². The summed E-state index contributed by atoms with van der Waals surface area (Å²) in [4.78, 5) is 12.4. The van der Waals surface area contributed by atoms with E-state index in [0.29, 0.717) is 0 Å². The molecule has 1 amide bonds. The fraction of sp³-hybridized carbons (Fsp3) is 0.944. The Morgan fingerprint density at radius 3 is 2.57 bits per heavy atom. The van der Waals surface area contributed by atoms with Gasteiger partial charge in [-0.2, -0.15) is 0 Å². The Balaban J connectivity index is 1.75. The van der Waals surface area contributed by atoms with Gasteiger partial charge in [-0.05, 0) is 49.4 Å². The van der Waals surface area contributed by atoms with Gasteiger partial charge in [-0.1, -0.05) is 39.5 Å². The second kappa shape index (κ2) is 7.62. The molecule has 2 rings (SSSR count). The zero-order chi connectivity index (χ0) is 15.3. The van der Waals surface area contributed by atoms with Gasteiger partial charge in [0.05, 0.1) is 0 Å².